The van der Waals surface area contributed by atoms with Crippen LogP contribution in [0.25, 0.3) is 0 Å². The minimum atomic E-state index is -0.308. The molecule has 0 heterocycles. The second kappa shape index (κ2) is 4.77. The van der Waals surface area contributed by atoms with Gasteiger partial charge in [0, 0.05) is 6.04 Å². The van der Waals surface area contributed by atoms with Crippen molar-refractivity contribution in [2.75, 3.05) is 7.11 Å². The zero-order valence-corrected chi connectivity index (χ0v) is 8.49. The zero-order chi connectivity index (χ0) is 10.6. The van der Waals surface area contributed by atoms with Crippen LogP contribution in [0.5, 0.6) is 0 Å². The number of methoxy groups -OCH3 is 1. The Morgan fingerprint density at radius 3 is 2.43 bits per heavy atom. The van der Waals surface area contributed by atoms with Gasteiger partial charge in [-0.15, -0.1) is 0 Å². The predicted molar refractivity (Wildman–Crippen MR) is 55.1 cm³/mol. The van der Waals surface area contributed by atoms with Crippen molar-refractivity contribution >= 4 is 5.97 Å². The molecule has 0 unspecified atom stereocenters. The molecule has 0 bridgehead atoms. The number of carbonyl (C=O) groups excluding carboxylic acids is 1. The predicted octanol–water partition coefficient (Wildman–Crippen LogP) is 1.36. The molecular formula is C11H15NO2. The smallest absolute Gasteiger partial charge is 0.337 e. The van der Waals surface area contributed by atoms with Gasteiger partial charge in [-0.3, -0.25) is 0 Å². The monoisotopic (exact) mass is 193 g/mol. The molecule has 3 heteroatoms. The molecule has 0 aliphatic carbocycles. The van der Waals surface area contributed by atoms with Gasteiger partial charge in [-0.1, -0.05) is 12.1 Å². The first-order valence-corrected chi connectivity index (χ1v) is 4.56. The van der Waals surface area contributed by atoms with Crippen LogP contribution in [0.15, 0.2) is 24.3 Å². The van der Waals surface area contributed by atoms with Gasteiger partial charge in [0.25, 0.3) is 0 Å². The van der Waals surface area contributed by atoms with E-state index in [1.54, 1.807) is 12.1 Å². The Morgan fingerprint density at radius 1 is 1.43 bits per heavy atom. The van der Waals surface area contributed by atoms with Gasteiger partial charge in [-0.05, 0) is 31.0 Å². The van der Waals surface area contributed by atoms with Crippen LogP contribution in [-0.2, 0) is 11.2 Å². The number of hydrogen-bond donors (Lipinski definition) is 1. The van der Waals surface area contributed by atoms with Crippen molar-refractivity contribution in [2.24, 2.45) is 5.73 Å². The van der Waals surface area contributed by atoms with Crippen molar-refractivity contribution in [3.05, 3.63) is 35.4 Å². The van der Waals surface area contributed by atoms with Crippen molar-refractivity contribution in [1.82, 2.24) is 0 Å². The average molecular weight is 193 g/mol. The molecule has 76 valence electrons. The largest absolute Gasteiger partial charge is 0.465 e. The third-order valence-electron chi connectivity index (χ3n) is 1.93. The van der Waals surface area contributed by atoms with E-state index < -0.39 is 0 Å². The maximum Gasteiger partial charge on any atom is 0.337 e. The molecular weight excluding hydrogens is 178 g/mol. The van der Waals surface area contributed by atoms with Gasteiger partial charge >= 0.3 is 5.97 Å². The van der Waals surface area contributed by atoms with Crippen molar-refractivity contribution < 1.29 is 9.53 Å². The van der Waals surface area contributed by atoms with Gasteiger partial charge in [0.1, 0.15) is 0 Å². The highest BCUT2D eigenvalue weighted by Gasteiger charge is 2.04. The number of nitrogens with two attached hydrogens (primary N) is 1. The summed E-state index contributed by atoms with van der Waals surface area (Å²) < 4.78 is 4.59. The van der Waals surface area contributed by atoms with E-state index in [-0.39, 0.29) is 12.0 Å². The number of esters is 1. The Kier molecular flexibility index (Phi) is 3.65. The van der Waals surface area contributed by atoms with Gasteiger partial charge in [-0.25, -0.2) is 4.79 Å². The second-order valence-electron chi connectivity index (χ2n) is 3.37. The first-order chi connectivity index (χ1) is 6.63. The van der Waals surface area contributed by atoms with E-state index in [1.165, 1.54) is 7.11 Å². The molecule has 0 fully saturated rings. The first-order valence-electron chi connectivity index (χ1n) is 4.56. The lowest BCUT2D eigenvalue weighted by atomic mass is 10.1. The lowest BCUT2D eigenvalue weighted by molar-refractivity contribution is 0.0601. The van der Waals surface area contributed by atoms with E-state index in [2.05, 4.69) is 4.74 Å². The number of hydrogen-bond acceptors (Lipinski definition) is 3. The maximum absolute atomic E-state index is 11.1. The van der Waals surface area contributed by atoms with E-state index >= 15 is 0 Å². The van der Waals surface area contributed by atoms with Crippen molar-refractivity contribution in [3.63, 3.8) is 0 Å². The Hall–Kier alpha value is -1.35. The third kappa shape index (κ3) is 2.85. The van der Waals surface area contributed by atoms with Gasteiger partial charge in [-0.2, -0.15) is 0 Å². The molecule has 0 saturated carbocycles. The zero-order valence-electron chi connectivity index (χ0n) is 8.49. The normalized spacial score (nSPS) is 12.2. The highest BCUT2D eigenvalue weighted by molar-refractivity contribution is 5.89. The van der Waals surface area contributed by atoms with Crippen LogP contribution in [-0.4, -0.2) is 19.1 Å². The van der Waals surface area contributed by atoms with E-state index in [0.717, 1.165) is 12.0 Å². The molecule has 1 aromatic rings. The van der Waals surface area contributed by atoms with Gasteiger partial charge in [0.05, 0.1) is 12.7 Å². The molecule has 0 aliphatic heterocycles. The van der Waals surface area contributed by atoms with Crippen LogP contribution in [0.2, 0.25) is 0 Å². The Balaban J connectivity index is 2.73. The summed E-state index contributed by atoms with van der Waals surface area (Å²) in [4.78, 5) is 11.1. The fraction of sp³-hybridized carbons (Fsp3) is 0.364. The van der Waals surface area contributed by atoms with Gasteiger partial charge in [0.2, 0.25) is 0 Å². The van der Waals surface area contributed by atoms with Gasteiger partial charge < -0.3 is 10.5 Å². The van der Waals surface area contributed by atoms with Crippen molar-refractivity contribution in [2.45, 2.75) is 19.4 Å². The minimum Gasteiger partial charge on any atom is -0.465 e. The summed E-state index contributed by atoms with van der Waals surface area (Å²) in [5, 5.41) is 0. The molecule has 1 aromatic carbocycles. The fourth-order valence-electron chi connectivity index (χ4n) is 1.27. The number of carbonyl (C=O) groups is 1. The Labute approximate surface area is 83.9 Å². The van der Waals surface area contributed by atoms with E-state index in [1.807, 2.05) is 19.1 Å². The molecule has 0 aromatic heterocycles. The summed E-state index contributed by atoms with van der Waals surface area (Å²) in [6, 6.07) is 7.44. The SMILES string of the molecule is COC(=O)c1ccc(C[C@H](C)N)cc1. The molecule has 2 N–H and O–H groups in total. The Morgan fingerprint density at radius 2 is 2.00 bits per heavy atom. The summed E-state index contributed by atoms with van der Waals surface area (Å²) in [5.41, 5.74) is 7.36. The lowest BCUT2D eigenvalue weighted by Gasteiger charge is -2.05. The standard InChI is InChI=1S/C11H15NO2/c1-8(12)7-9-3-5-10(6-4-9)11(13)14-2/h3-6,8H,7,12H2,1-2H3/t8-/m0/s1. The summed E-state index contributed by atoms with van der Waals surface area (Å²) in [5.74, 6) is -0.308. The van der Waals surface area contributed by atoms with Crippen LogP contribution in [0, 0.1) is 0 Å². The molecule has 0 aliphatic rings. The first kappa shape index (κ1) is 10.7. The number of rotatable bonds is 3. The summed E-state index contributed by atoms with van der Waals surface area (Å²) >= 11 is 0. The van der Waals surface area contributed by atoms with Crippen LogP contribution in [0.4, 0.5) is 0 Å². The van der Waals surface area contributed by atoms with E-state index in [9.17, 15) is 4.79 Å². The highest BCUT2D eigenvalue weighted by Crippen LogP contribution is 2.07. The summed E-state index contributed by atoms with van der Waals surface area (Å²) in [6.07, 6.45) is 0.821. The van der Waals surface area contributed by atoms with Crippen LogP contribution < -0.4 is 5.73 Å². The van der Waals surface area contributed by atoms with Crippen molar-refractivity contribution in [1.29, 1.82) is 0 Å². The summed E-state index contributed by atoms with van der Waals surface area (Å²) in [6.45, 7) is 1.95. The number of benzene rings is 1. The number of ether oxygens (including phenoxy) is 1. The fourth-order valence-corrected chi connectivity index (χ4v) is 1.27. The topological polar surface area (TPSA) is 52.3 Å². The molecule has 14 heavy (non-hydrogen) atoms. The molecule has 1 atom stereocenters. The van der Waals surface area contributed by atoms with Crippen LogP contribution >= 0.6 is 0 Å². The third-order valence-corrected chi connectivity index (χ3v) is 1.93. The quantitative estimate of drug-likeness (QED) is 0.737. The van der Waals surface area contributed by atoms with Crippen LogP contribution in [0.3, 0.4) is 0 Å². The lowest BCUT2D eigenvalue weighted by Crippen LogP contribution is -2.17. The van der Waals surface area contributed by atoms with E-state index in [0.29, 0.717) is 5.56 Å². The molecule has 0 spiro atoms. The molecule has 0 saturated heterocycles. The van der Waals surface area contributed by atoms with E-state index in [4.69, 9.17) is 5.73 Å². The maximum atomic E-state index is 11.1. The minimum absolute atomic E-state index is 0.138. The summed E-state index contributed by atoms with van der Waals surface area (Å²) in [7, 11) is 1.37. The highest BCUT2D eigenvalue weighted by atomic mass is 16.5. The molecule has 0 amide bonds. The molecule has 0 radical (unpaired) electrons. The van der Waals surface area contributed by atoms with Crippen LogP contribution in [0.1, 0.15) is 22.8 Å². The molecule has 3 nitrogen and oxygen atoms in total. The second-order valence-corrected chi connectivity index (χ2v) is 3.37. The average Bonchev–Trinajstić information content (AvgIpc) is 2.17. The Bertz CT molecular complexity index is 304. The van der Waals surface area contributed by atoms with Gasteiger partial charge in [0.15, 0.2) is 0 Å². The van der Waals surface area contributed by atoms with Crippen molar-refractivity contribution in [3.8, 4) is 0 Å². The molecule has 1 rings (SSSR count).